The minimum absolute atomic E-state index is 0.443. The van der Waals surface area contributed by atoms with Gasteiger partial charge in [-0.05, 0) is 0 Å². The van der Waals surface area contributed by atoms with Gasteiger partial charge in [0.1, 0.15) is 0 Å². The van der Waals surface area contributed by atoms with E-state index in [0.29, 0.717) is 66.8 Å². The van der Waals surface area contributed by atoms with Gasteiger partial charge in [0.15, 0.2) is 0 Å². The van der Waals surface area contributed by atoms with Gasteiger partial charge in [-0.25, -0.2) is 0 Å². The normalized spacial score (nSPS) is 11.8. The Hall–Kier alpha value is -10.7. The van der Waals surface area contributed by atoms with Crippen molar-refractivity contribution in [1.29, 1.82) is 0 Å². The van der Waals surface area contributed by atoms with Crippen LogP contribution in [-0.2, 0) is 53.1 Å². The van der Waals surface area contributed by atoms with Crippen molar-refractivity contribution in [3.8, 4) is 0 Å². The molecule has 0 aliphatic rings. The summed E-state index contributed by atoms with van der Waals surface area (Å²) < 4.78 is 29.7. The van der Waals surface area contributed by atoms with E-state index in [-0.39, 0.29) is 0 Å². The predicted octanol–water partition coefficient (Wildman–Crippen LogP) is 15.7. The van der Waals surface area contributed by atoms with E-state index in [2.05, 4.69) is 0 Å². The van der Waals surface area contributed by atoms with Crippen LogP contribution in [0.15, 0.2) is 364 Å². The Labute approximate surface area is 524 Å². The first-order chi connectivity index (χ1) is 43.8. The molecule has 432 valence electrons. The Morgan fingerprint density at radius 3 is 0.348 bits per heavy atom. The van der Waals surface area contributed by atoms with Crippen LogP contribution in [0, 0.1) is 0 Å². The van der Waals surface area contributed by atoms with Crippen LogP contribution in [-0.4, -0.2) is 43.9 Å². The summed E-state index contributed by atoms with van der Waals surface area (Å²) in [5.41, 5.74) is -2.48. The van der Waals surface area contributed by atoms with Crippen molar-refractivity contribution < 1.29 is 31.5 Å². The first kappa shape index (κ1) is 58.7. The van der Waals surface area contributed by atoms with Crippen molar-refractivity contribution in [3.63, 3.8) is 0 Å². The molecular formula is C80H60O8Sn. The van der Waals surface area contributed by atoms with Gasteiger partial charge in [0.25, 0.3) is 0 Å². The molecule has 0 aromatic heterocycles. The van der Waals surface area contributed by atoms with Crippen molar-refractivity contribution >= 4 is 43.9 Å². The summed E-state index contributed by atoms with van der Waals surface area (Å²) in [6, 6.07) is 109. The zero-order valence-corrected chi connectivity index (χ0v) is 51.3. The molecule has 12 rings (SSSR count). The predicted molar refractivity (Wildman–Crippen MR) is 347 cm³/mol. The van der Waals surface area contributed by atoms with Crippen LogP contribution in [0.5, 0.6) is 0 Å². The van der Waals surface area contributed by atoms with Gasteiger partial charge in [0, 0.05) is 0 Å². The number of benzene rings is 12. The molecular weight excluding hydrogens is 1210 g/mol. The molecule has 0 aliphatic heterocycles. The third-order valence-electron chi connectivity index (χ3n) is 16.6. The first-order valence-corrected chi connectivity index (χ1v) is 34.0. The molecule has 0 amide bonds. The second-order valence-corrected chi connectivity index (χ2v) is 26.6. The van der Waals surface area contributed by atoms with Crippen LogP contribution in [0.1, 0.15) is 66.8 Å². The van der Waals surface area contributed by atoms with E-state index < -0.39 is 65.6 Å². The van der Waals surface area contributed by atoms with Gasteiger partial charge in [0.2, 0.25) is 0 Å². The molecule has 0 bridgehead atoms. The zero-order chi connectivity index (χ0) is 61.0. The van der Waals surface area contributed by atoms with Gasteiger partial charge in [-0.1, -0.05) is 0 Å². The molecule has 0 N–H and O–H groups in total. The van der Waals surface area contributed by atoms with E-state index in [1.54, 1.807) is 0 Å². The Kier molecular flexibility index (Phi) is 17.2. The second-order valence-electron chi connectivity index (χ2n) is 21.5. The Bertz CT molecular complexity index is 3330. The van der Waals surface area contributed by atoms with E-state index in [4.69, 9.17) is 12.3 Å². The number of rotatable bonds is 20. The van der Waals surface area contributed by atoms with Crippen LogP contribution < -0.4 is 0 Å². The fourth-order valence-corrected chi connectivity index (χ4v) is 17.6. The van der Waals surface area contributed by atoms with Gasteiger partial charge in [-0.2, -0.15) is 0 Å². The van der Waals surface area contributed by atoms with E-state index in [1.807, 2.05) is 364 Å². The summed E-state index contributed by atoms with van der Waals surface area (Å²) in [4.78, 5) is 69.8. The van der Waals surface area contributed by atoms with Crippen molar-refractivity contribution in [3.05, 3.63) is 431 Å². The summed E-state index contributed by atoms with van der Waals surface area (Å²) in [6.45, 7) is 0. The monoisotopic (exact) mass is 1270 g/mol. The van der Waals surface area contributed by atoms with Crippen LogP contribution >= 0.6 is 0 Å². The molecule has 0 unspecified atom stereocenters. The van der Waals surface area contributed by atoms with Gasteiger partial charge in [-0.3, -0.25) is 0 Å². The number of hydrogen-bond donors (Lipinski definition) is 0. The number of carbonyl (C=O) groups is 4. The van der Waals surface area contributed by atoms with E-state index in [1.165, 1.54) is 0 Å². The van der Waals surface area contributed by atoms with Gasteiger partial charge < -0.3 is 0 Å². The molecule has 0 saturated carbocycles. The third kappa shape index (κ3) is 10.8. The molecule has 89 heavy (non-hydrogen) atoms. The van der Waals surface area contributed by atoms with Crippen molar-refractivity contribution in [2.75, 3.05) is 0 Å². The Balaban J connectivity index is 1.22. The van der Waals surface area contributed by atoms with E-state index >= 15 is 19.2 Å². The summed E-state index contributed by atoms with van der Waals surface area (Å²) >= 11 is -7.84. The molecule has 0 spiro atoms. The summed E-state index contributed by atoms with van der Waals surface area (Å²) in [5.74, 6) is -4.26. The molecule has 12 aromatic carbocycles. The van der Waals surface area contributed by atoms with E-state index in [9.17, 15) is 0 Å². The van der Waals surface area contributed by atoms with E-state index in [0.717, 1.165) is 0 Å². The van der Waals surface area contributed by atoms with Gasteiger partial charge >= 0.3 is 528 Å². The average molecular weight is 1270 g/mol. The molecule has 0 radical (unpaired) electrons. The van der Waals surface area contributed by atoms with Crippen LogP contribution in [0.25, 0.3) is 0 Å². The molecule has 0 heterocycles. The summed E-state index contributed by atoms with van der Waals surface area (Å²) in [7, 11) is 0. The zero-order valence-electron chi connectivity index (χ0n) is 48.4. The molecule has 0 atom stereocenters. The van der Waals surface area contributed by atoms with Gasteiger partial charge in [0.05, 0.1) is 0 Å². The van der Waals surface area contributed by atoms with Crippen LogP contribution in [0.4, 0.5) is 0 Å². The molecule has 9 heteroatoms. The topological polar surface area (TPSA) is 105 Å². The molecule has 0 aliphatic carbocycles. The molecule has 8 nitrogen and oxygen atoms in total. The van der Waals surface area contributed by atoms with Crippen LogP contribution in [0.3, 0.4) is 0 Å². The standard InChI is InChI=1S/4C20H16O2.Sn/c4*21-19(22)20(16-10-4-1-5-11-16,17-12-6-2-7-13-17)18-14-8-3-9-15-18;/h4*1-15H,(H,21,22);/q;;;;+4/p-4. The first-order valence-electron chi connectivity index (χ1n) is 29.4. The number of carbonyl (C=O) groups excluding carboxylic acids is 4. The van der Waals surface area contributed by atoms with Crippen molar-refractivity contribution in [2.45, 2.75) is 21.7 Å². The van der Waals surface area contributed by atoms with Crippen LogP contribution in [0.2, 0.25) is 0 Å². The second kappa shape index (κ2) is 26.1. The fourth-order valence-electron chi connectivity index (χ4n) is 12.6. The summed E-state index contributed by atoms with van der Waals surface area (Å²) in [5, 5.41) is 0. The third-order valence-corrected chi connectivity index (χ3v) is 21.5. The molecule has 0 fully saturated rings. The van der Waals surface area contributed by atoms with Gasteiger partial charge in [-0.15, -0.1) is 0 Å². The summed E-state index contributed by atoms with van der Waals surface area (Å²) in [6.07, 6.45) is 0. The van der Waals surface area contributed by atoms with Crippen molar-refractivity contribution in [2.24, 2.45) is 0 Å². The Morgan fingerprint density at radius 2 is 0.258 bits per heavy atom. The minimum atomic E-state index is -7.84. The SMILES string of the molecule is O=C([O][Sn]([O]C(=O)C(c1ccccc1)(c1ccccc1)c1ccccc1)([O]C(=O)C(c1ccccc1)(c1ccccc1)c1ccccc1)[O]C(=O)C(c1ccccc1)(c1ccccc1)c1ccccc1)C(c1ccccc1)(c1ccccc1)c1ccccc1. The Morgan fingerprint density at radius 1 is 0.169 bits per heavy atom. The fraction of sp³-hybridized carbons (Fsp3) is 0.0500. The maximum atomic E-state index is 17.5. The number of hydrogen-bond acceptors (Lipinski definition) is 8. The average Bonchev–Trinajstić information content (AvgIpc) is 1.18. The quantitative estimate of drug-likeness (QED) is 0.0549. The molecule has 12 aromatic rings. The van der Waals surface area contributed by atoms with Crippen molar-refractivity contribution in [1.82, 2.24) is 0 Å². The molecule has 0 saturated heterocycles. The maximum absolute atomic E-state index is 17.5.